The van der Waals surface area contributed by atoms with Gasteiger partial charge in [-0.2, -0.15) is 5.10 Å². The molecule has 1 rings (SSSR count). The Morgan fingerprint density at radius 1 is 1.29 bits per heavy atom. The summed E-state index contributed by atoms with van der Waals surface area (Å²) in [7, 11) is 0. The van der Waals surface area contributed by atoms with E-state index in [1.54, 1.807) is 0 Å². The van der Waals surface area contributed by atoms with Crippen LogP contribution >= 0.6 is 0 Å². The largest absolute Gasteiger partial charge is 0.327 e. The first-order valence-corrected chi connectivity index (χ1v) is 6.81. The minimum absolute atomic E-state index is 0.256. The average Bonchev–Trinajstić information content (AvgIpc) is 2.57. The molecule has 0 saturated heterocycles. The first-order chi connectivity index (χ1) is 8.01. The van der Waals surface area contributed by atoms with Crippen LogP contribution in [0.4, 0.5) is 0 Å². The highest BCUT2D eigenvalue weighted by molar-refractivity contribution is 5.26. The zero-order chi connectivity index (χ0) is 13.0. The van der Waals surface area contributed by atoms with Gasteiger partial charge in [0.1, 0.15) is 0 Å². The molecule has 98 valence electrons. The predicted molar refractivity (Wildman–Crippen MR) is 73.3 cm³/mol. The second-order valence-corrected chi connectivity index (χ2v) is 5.10. The molecule has 2 N–H and O–H groups in total. The van der Waals surface area contributed by atoms with E-state index in [-0.39, 0.29) is 6.04 Å². The molecule has 0 aliphatic heterocycles. The van der Waals surface area contributed by atoms with E-state index in [0.29, 0.717) is 6.04 Å². The third-order valence-electron chi connectivity index (χ3n) is 3.59. The van der Waals surface area contributed by atoms with Crippen molar-refractivity contribution >= 4 is 0 Å². The number of aryl methyl sites for hydroxylation is 1. The van der Waals surface area contributed by atoms with E-state index in [1.807, 2.05) is 0 Å². The average molecular weight is 237 g/mol. The zero-order valence-electron chi connectivity index (χ0n) is 12.0. The molecule has 0 spiro atoms. The summed E-state index contributed by atoms with van der Waals surface area (Å²) in [5.74, 6) is 0. The van der Waals surface area contributed by atoms with Crippen molar-refractivity contribution in [1.29, 1.82) is 0 Å². The lowest BCUT2D eigenvalue weighted by Crippen LogP contribution is -2.22. The van der Waals surface area contributed by atoms with E-state index in [4.69, 9.17) is 5.73 Å². The van der Waals surface area contributed by atoms with Crippen LogP contribution in [0, 0.1) is 13.8 Å². The van der Waals surface area contributed by atoms with Crippen LogP contribution in [-0.2, 0) is 6.42 Å². The zero-order valence-corrected chi connectivity index (χ0v) is 12.0. The second-order valence-electron chi connectivity index (χ2n) is 5.10. The number of aromatic nitrogens is 2. The number of nitrogens with two attached hydrogens (primary N) is 1. The standard InChI is InChI=1S/C14H27N3/c1-6-8-10(3)17-12(5)14(11(4)16-17)9-13(15)7-2/h10,13H,6-9,15H2,1-5H3. The molecule has 0 aliphatic rings. The number of hydrogen-bond donors (Lipinski definition) is 1. The molecule has 0 aromatic carbocycles. The van der Waals surface area contributed by atoms with Crippen molar-refractivity contribution in [2.45, 2.75) is 72.4 Å². The summed E-state index contributed by atoms with van der Waals surface area (Å²) >= 11 is 0. The summed E-state index contributed by atoms with van der Waals surface area (Å²) in [4.78, 5) is 0. The van der Waals surface area contributed by atoms with Gasteiger partial charge in [0, 0.05) is 17.8 Å². The number of rotatable bonds is 6. The molecule has 2 unspecified atom stereocenters. The minimum atomic E-state index is 0.256. The van der Waals surface area contributed by atoms with Crippen molar-refractivity contribution in [1.82, 2.24) is 9.78 Å². The van der Waals surface area contributed by atoms with E-state index in [2.05, 4.69) is 44.4 Å². The fourth-order valence-corrected chi connectivity index (χ4v) is 2.37. The van der Waals surface area contributed by atoms with E-state index in [0.717, 1.165) is 18.5 Å². The summed E-state index contributed by atoms with van der Waals surface area (Å²) in [5, 5.41) is 4.68. The van der Waals surface area contributed by atoms with E-state index >= 15 is 0 Å². The maximum absolute atomic E-state index is 6.05. The van der Waals surface area contributed by atoms with Crippen molar-refractivity contribution in [3.63, 3.8) is 0 Å². The quantitative estimate of drug-likeness (QED) is 0.826. The molecule has 0 bridgehead atoms. The molecule has 0 aliphatic carbocycles. The van der Waals surface area contributed by atoms with Crippen molar-refractivity contribution < 1.29 is 0 Å². The third kappa shape index (κ3) is 3.32. The summed E-state index contributed by atoms with van der Waals surface area (Å²) in [6.07, 6.45) is 4.35. The predicted octanol–water partition coefficient (Wildman–Crippen LogP) is 3.14. The molecular weight excluding hydrogens is 210 g/mol. The van der Waals surface area contributed by atoms with Gasteiger partial charge in [-0.1, -0.05) is 20.3 Å². The fourth-order valence-electron chi connectivity index (χ4n) is 2.37. The first-order valence-electron chi connectivity index (χ1n) is 6.81. The van der Waals surface area contributed by atoms with Crippen LogP contribution in [0.15, 0.2) is 0 Å². The Bertz CT molecular complexity index is 355. The Morgan fingerprint density at radius 2 is 1.94 bits per heavy atom. The Balaban J connectivity index is 2.93. The highest BCUT2D eigenvalue weighted by Crippen LogP contribution is 2.21. The Morgan fingerprint density at radius 3 is 2.47 bits per heavy atom. The molecule has 0 radical (unpaired) electrons. The normalized spacial score (nSPS) is 14.9. The van der Waals surface area contributed by atoms with E-state index in [9.17, 15) is 0 Å². The fraction of sp³-hybridized carbons (Fsp3) is 0.786. The van der Waals surface area contributed by atoms with E-state index < -0.39 is 0 Å². The van der Waals surface area contributed by atoms with Crippen LogP contribution < -0.4 is 5.73 Å². The molecule has 3 heteroatoms. The lowest BCUT2D eigenvalue weighted by molar-refractivity contribution is 0.443. The molecule has 0 saturated carbocycles. The SMILES string of the molecule is CCCC(C)n1nc(C)c(CC(N)CC)c1C. The monoisotopic (exact) mass is 237 g/mol. The van der Waals surface area contributed by atoms with Gasteiger partial charge in [0.25, 0.3) is 0 Å². The maximum atomic E-state index is 6.05. The number of nitrogens with zero attached hydrogens (tertiary/aromatic N) is 2. The Hall–Kier alpha value is -0.830. The van der Waals surface area contributed by atoms with Crippen molar-refractivity contribution in [2.75, 3.05) is 0 Å². The molecule has 1 heterocycles. The smallest absolute Gasteiger partial charge is 0.0629 e. The molecule has 17 heavy (non-hydrogen) atoms. The lowest BCUT2D eigenvalue weighted by atomic mass is 10.0. The topological polar surface area (TPSA) is 43.8 Å². The third-order valence-corrected chi connectivity index (χ3v) is 3.59. The molecule has 1 aromatic rings. The highest BCUT2D eigenvalue weighted by Gasteiger charge is 2.16. The van der Waals surface area contributed by atoms with Gasteiger partial charge in [0.15, 0.2) is 0 Å². The van der Waals surface area contributed by atoms with Crippen LogP contribution in [-0.4, -0.2) is 15.8 Å². The van der Waals surface area contributed by atoms with E-state index in [1.165, 1.54) is 24.1 Å². The van der Waals surface area contributed by atoms with Crippen molar-refractivity contribution in [2.24, 2.45) is 5.73 Å². The first kappa shape index (κ1) is 14.2. The van der Waals surface area contributed by atoms with Crippen molar-refractivity contribution in [3.8, 4) is 0 Å². The molecule has 2 atom stereocenters. The summed E-state index contributed by atoms with van der Waals surface area (Å²) in [6, 6.07) is 0.747. The van der Waals surface area contributed by atoms with Gasteiger partial charge >= 0.3 is 0 Å². The molecule has 0 amide bonds. The van der Waals surface area contributed by atoms with Gasteiger partial charge in [-0.05, 0) is 45.6 Å². The van der Waals surface area contributed by atoms with Gasteiger partial charge < -0.3 is 5.73 Å². The molecule has 1 aromatic heterocycles. The lowest BCUT2D eigenvalue weighted by Gasteiger charge is -2.14. The summed E-state index contributed by atoms with van der Waals surface area (Å²) in [5.41, 5.74) is 9.85. The Kier molecular flexibility index (Phi) is 5.19. The van der Waals surface area contributed by atoms with Gasteiger partial charge in [-0.3, -0.25) is 4.68 Å². The maximum Gasteiger partial charge on any atom is 0.0629 e. The highest BCUT2D eigenvalue weighted by atomic mass is 15.3. The van der Waals surface area contributed by atoms with Crippen LogP contribution in [0.3, 0.4) is 0 Å². The van der Waals surface area contributed by atoms with Crippen LogP contribution in [0.5, 0.6) is 0 Å². The van der Waals surface area contributed by atoms with Gasteiger partial charge in [-0.15, -0.1) is 0 Å². The van der Waals surface area contributed by atoms with Gasteiger partial charge in [0.05, 0.1) is 5.69 Å². The minimum Gasteiger partial charge on any atom is -0.327 e. The van der Waals surface area contributed by atoms with Crippen molar-refractivity contribution in [3.05, 3.63) is 17.0 Å². The van der Waals surface area contributed by atoms with Crippen LogP contribution in [0.25, 0.3) is 0 Å². The number of hydrogen-bond acceptors (Lipinski definition) is 2. The molecule has 0 fully saturated rings. The van der Waals surface area contributed by atoms with Crippen LogP contribution in [0.1, 0.15) is 63.0 Å². The second kappa shape index (κ2) is 6.20. The van der Waals surface area contributed by atoms with Crippen LogP contribution in [0.2, 0.25) is 0 Å². The summed E-state index contributed by atoms with van der Waals surface area (Å²) in [6.45, 7) is 10.9. The Labute approximate surface area is 105 Å². The summed E-state index contributed by atoms with van der Waals surface area (Å²) < 4.78 is 2.18. The van der Waals surface area contributed by atoms with Gasteiger partial charge in [-0.25, -0.2) is 0 Å². The molecule has 3 nitrogen and oxygen atoms in total. The van der Waals surface area contributed by atoms with Gasteiger partial charge in [0.2, 0.25) is 0 Å². The molecular formula is C14H27N3.